The quantitative estimate of drug-likeness (QED) is 0.149. The number of ether oxygens (including phenoxy) is 2. The molecule has 4 bridgehead atoms. The number of hydrogen-bond acceptors (Lipinski definition) is 4. The number of halogens is 2. The van der Waals surface area contributed by atoms with Crippen molar-refractivity contribution in [1.82, 2.24) is 0 Å². The van der Waals surface area contributed by atoms with Crippen molar-refractivity contribution in [3.8, 4) is 0 Å². The van der Waals surface area contributed by atoms with Crippen LogP contribution >= 0.6 is 0 Å². The highest BCUT2D eigenvalue weighted by molar-refractivity contribution is 5.70. The van der Waals surface area contributed by atoms with Crippen LogP contribution in [0.3, 0.4) is 0 Å². The molecule has 8 heteroatoms. The van der Waals surface area contributed by atoms with Gasteiger partial charge in [-0.05, 0) is 38.5 Å². The van der Waals surface area contributed by atoms with Crippen LogP contribution < -0.4 is 34.0 Å². The molecule has 6 aliphatic rings. The summed E-state index contributed by atoms with van der Waals surface area (Å²) in [4.78, 5) is 25.0. The zero-order valence-corrected chi connectivity index (χ0v) is 28.2. The van der Waals surface area contributed by atoms with Crippen molar-refractivity contribution < 1.29 is 62.0 Å². The second kappa shape index (κ2) is 13.6. The largest absolute Gasteiger partial charge is 1.00 e. The molecule has 0 aromatic rings. The third-order valence-corrected chi connectivity index (χ3v) is 11.9. The van der Waals surface area contributed by atoms with Crippen LogP contribution in [0, 0.1) is 11.8 Å². The monoisotopic (exact) mass is 688 g/mol. The van der Waals surface area contributed by atoms with Gasteiger partial charge in [-0.15, -0.1) is 0 Å². The molecule has 4 unspecified atom stereocenters. The SMILES string of the molecule is C[N+]1(CC2CC2)[C@@H]2CC[C@H]1CC(OC(=O)CCCCCCC(=O)OC1C[C@H]3CC[C@@H](C1)[N+]3(C)CC1CC1)C2.[Br-].[Br-]. The van der Waals surface area contributed by atoms with E-state index < -0.39 is 0 Å². The number of carbonyl (C=O) groups is 2. The van der Waals surface area contributed by atoms with E-state index in [1.807, 2.05) is 0 Å². The zero-order chi connectivity index (χ0) is 26.3. The van der Waals surface area contributed by atoms with Gasteiger partial charge in [0, 0.05) is 76.0 Å². The second-order valence-corrected chi connectivity index (χ2v) is 14.8. The normalized spacial score (nSPS) is 39.6. The molecule has 6 fully saturated rings. The summed E-state index contributed by atoms with van der Waals surface area (Å²) in [6, 6.07) is 2.79. The number of nitrogens with zero attached hydrogens (tertiary/aromatic N) is 2. The minimum absolute atomic E-state index is 0. The molecule has 4 aliphatic heterocycles. The van der Waals surface area contributed by atoms with Gasteiger partial charge in [0.2, 0.25) is 0 Å². The first-order valence-corrected chi connectivity index (χ1v) is 16.4. The van der Waals surface area contributed by atoms with Gasteiger partial charge in [-0.3, -0.25) is 9.59 Å². The standard InChI is InChI=1S/C32H54N2O4.2BrH/c1-33(21-23-9-10-23)25-13-14-26(33)18-29(17-25)37-31(35)7-5-3-4-6-8-32(36)38-30-19-27-15-16-28(20-30)34(27,2)22-24-11-12-24;;/h23-30H,3-22H2,1-2H3;2*1H/q+2;;/p-2/t25-,26+,27-,28+,29?,30?,33?,34?;;. The van der Waals surface area contributed by atoms with E-state index in [1.165, 1.54) is 73.4 Å². The minimum atomic E-state index is -0.00822. The lowest BCUT2D eigenvalue weighted by atomic mass is 9.96. The predicted molar refractivity (Wildman–Crippen MR) is 147 cm³/mol. The molecule has 230 valence electrons. The van der Waals surface area contributed by atoms with Gasteiger partial charge in [0.25, 0.3) is 0 Å². The van der Waals surface area contributed by atoms with Crippen LogP contribution in [0.2, 0.25) is 0 Å². The number of quaternary nitrogens is 2. The molecule has 8 atom stereocenters. The number of rotatable bonds is 13. The van der Waals surface area contributed by atoms with Gasteiger partial charge < -0.3 is 52.4 Å². The average molecular weight is 691 g/mol. The summed E-state index contributed by atoms with van der Waals surface area (Å²) < 4.78 is 14.4. The summed E-state index contributed by atoms with van der Waals surface area (Å²) in [6.07, 6.45) is 20.2. The maximum atomic E-state index is 12.5. The highest BCUT2D eigenvalue weighted by Crippen LogP contribution is 2.47. The second-order valence-electron chi connectivity index (χ2n) is 14.8. The summed E-state index contributed by atoms with van der Waals surface area (Å²) in [6.45, 7) is 2.70. The Morgan fingerprint density at radius 1 is 0.550 bits per heavy atom. The van der Waals surface area contributed by atoms with Gasteiger partial charge in [-0.1, -0.05) is 12.8 Å². The molecule has 0 radical (unpaired) electrons. The highest BCUT2D eigenvalue weighted by atomic mass is 79.9. The van der Waals surface area contributed by atoms with E-state index in [0.29, 0.717) is 37.0 Å². The van der Waals surface area contributed by atoms with Gasteiger partial charge >= 0.3 is 11.9 Å². The lowest BCUT2D eigenvalue weighted by Gasteiger charge is -2.47. The lowest BCUT2D eigenvalue weighted by molar-refractivity contribution is -0.950. The van der Waals surface area contributed by atoms with E-state index in [0.717, 1.165) is 63.2 Å². The number of fused-ring (bicyclic) bond motifs is 4. The molecule has 2 aliphatic carbocycles. The van der Waals surface area contributed by atoms with Gasteiger partial charge in [0.05, 0.1) is 51.4 Å². The van der Waals surface area contributed by atoms with Crippen molar-refractivity contribution in [3.63, 3.8) is 0 Å². The number of unbranched alkanes of at least 4 members (excludes halogenated alkanes) is 3. The summed E-state index contributed by atoms with van der Waals surface area (Å²) >= 11 is 0. The maximum Gasteiger partial charge on any atom is 0.306 e. The summed E-state index contributed by atoms with van der Waals surface area (Å²) in [5, 5.41) is 0. The molecule has 0 N–H and O–H groups in total. The molecule has 0 amide bonds. The molecule has 6 nitrogen and oxygen atoms in total. The fraction of sp³-hybridized carbons (Fsp3) is 0.938. The molecular weight excluding hydrogens is 636 g/mol. The molecule has 6 rings (SSSR count). The van der Waals surface area contributed by atoms with Crippen LogP contribution in [-0.4, -0.2) is 84.5 Å². The Kier molecular flexibility index (Phi) is 11.2. The number of carbonyl (C=O) groups excluding carboxylic acids is 2. The topological polar surface area (TPSA) is 52.6 Å². The Morgan fingerprint density at radius 2 is 0.875 bits per heavy atom. The van der Waals surface area contributed by atoms with Crippen LogP contribution in [0.1, 0.15) is 116 Å². The molecule has 0 aromatic carbocycles. The van der Waals surface area contributed by atoms with E-state index in [9.17, 15) is 9.59 Å². The highest BCUT2D eigenvalue weighted by Gasteiger charge is 2.55. The van der Waals surface area contributed by atoms with E-state index in [-0.39, 0.29) is 58.1 Å². The smallest absolute Gasteiger partial charge is 0.306 e. The van der Waals surface area contributed by atoms with Crippen LogP contribution in [-0.2, 0) is 19.1 Å². The number of hydrogen-bond donors (Lipinski definition) is 0. The van der Waals surface area contributed by atoms with Crippen molar-refractivity contribution in [2.75, 3.05) is 27.2 Å². The van der Waals surface area contributed by atoms with E-state index in [2.05, 4.69) is 14.1 Å². The third kappa shape index (κ3) is 7.48. The first kappa shape index (κ1) is 32.7. The van der Waals surface area contributed by atoms with Crippen molar-refractivity contribution in [1.29, 1.82) is 0 Å². The molecule has 0 spiro atoms. The van der Waals surface area contributed by atoms with E-state index >= 15 is 0 Å². The average Bonchev–Trinajstić information content (AvgIpc) is 3.77. The Labute approximate surface area is 264 Å². The molecule has 4 heterocycles. The molecule has 2 saturated carbocycles. The van der Waals surface area contributed by atoms with Crippen LogP contribution in [0.5, 0.6) is 0 Å². The minimum Gasteiger partial charge on any atom is -1.00 e. The Balaban J connectivity index is 0.00000185. The molecule has 40 heavy (non-hydrogen) atoms. The zero-order valence-electron chi connectivity index (χ0n) is 25.0. The van der Waals surface area contributed by atoms with Crippen molar-refractivity contribution in [2.45, 2.75) is 152 Å². The number of esters is 2. The van der Waals surface area contributed by atoms with Gasteiger partial charge in [0.1, 0.15) is 12.2 Å². The first-order chi connectivity index (χ1) is 18.3. The Morgan fingerprint density at radius 3 is 1.18 bits per heavy atom. The molecular formula is C32H54Br2N2O4. The van der Waals surface area contributed by atoms with Crippen LogP contribution in [0.15, 0.2) is 0 Å². The van der Waals surface area contributed by atoms with Crippen molar-refractivity contribution in [2.24, 2.45) is 11.8 Å². The van der Waals surface area contributed by atoms with Gasteiger partial charge in [-0.2, -0.15) is 0 Å². The van der Waals surface area contributed by atoms with E-state index in [1.54, 1.807) is 0 Å². The Bertz CT molecular complexity index is 781. The molecule has 0 aromatic heterocycles. The number of piperidine rings is 2. The third-order valence-electron chi connectivity index (χ3n) is 11.9. The van der Waals surface area contributed by atoms with Crippen molar-refractivity contribution >= 4 is 11.9 Å². The van der Waals surface area contributed by atoms with E-state index in [4.69, 9.17) is 9.47 Å². The summed E-state index contributed by atoms with van der Waals surface area (Å²) in [7, 11) is 4.94. The van der Waals surface area contributed by atoms with Crippen molar-refractivity contribution in [3.05, 3.63) is 0 Å². The molecule has 4 saturated heterocycles. The fourth-order valence-electron chi connectivity index (χ4n) is 9.27. The van der Waals surface area contributed by atoms with Crippen LogP contribution in [0.25, 0.3) is 0 Å². The fourth-order valence-corrected chi connectivity index (χ4v) is 9.27. The predicted octanol–water partition coefficient (Wildman–Crippen LogP) is -0.479. The maximum absolute atomic E-state index is 12.5. The Hall–Kier alpha value is -0.180. The first-order valence-electron chi connectivity index (χ1n) is 16.4. The van der Waals surface area contributed by atoms with Gasteiger partial charge in [0.15, 0.2) is 0 Å². The van der Waals surface area contributed by atoms with Crippen LogP contribution in [0.4, 0.5) is 0 Å². The summed E-state index contributed by atoms with van der Waals surface area (Å²) in [5.74, 6) is 1.90. The summed E-state index contributed by atoms with van der Waals surface area (Å²) in [5.41, 5.74) is 0. The lowest BCUT2D eigenvalue weighted by Crippen LogP contribution is -3.00. The van der Waals surface area contributed by atoms with Gasteiger partial charge in [-0.25, -0.2) is 0 Å².